The highest BCUT2D eigenvalue weighted by molar-refractivity contribution is 5.79. The molecule has 4 aromatic heterocycles. The first-order valence-electron chi connectivity index (χ1n) is 9.70. The zero-order valence-electron chi connectivity index (χ0n) is 17.6. The summed E-state index contributed by atoms with van der Waals surface area (Å²) in [5, 5.41) is 26.4. The van der Waals surface area contributed by atoms with Crippen LogP contribution < -0.4 is 5.32 Å². The van der Waals surface area contributed by atoms with Crippen molar-refractivity contribution in [2.75, 3.05) is 5.32 Å². The summed E-state index contributed by atoms with van der Waals surface area (Å²) in [4.78, 5) is 8.99. The molecule has 0 fully saturated rings. The Labute approximate surface area is 174 Å². The average molecular weight is 401 g/mol. The Balaban J connectivity index is 1.81. The number of aromatic nitrogens is 7. The van der Waals surface area contributed by atoms with Gasteiger partial charge in [-0.3, -0.25) is 0 Å². The van der Waals surface area contributed by atoms with E-state index in [2.05, 4.69) is 71.4 Å². The molecular formula is C21H23N9. The van der Waals surface area contributed by atoms with E-state index in [4.69, 9.17) is 5.26 Å². The lowest BCUT2D eigenvalue weighted by Gasteiger charge is -2.17. The maximum absolute atomic E-state index is 9.08. The minimum atomic E-state index is -0.161. The molecule has 0 aliphatic carbocycles. The molecule has 0 saturated carbocycles. The summed E-state index contributed by atoms with van der Waals surface area (Å²) in [6.45, 7) is 10.4. The van der Waals surface area contributed by atoms with Crippen LogP contribution in [-0.4, -0.2) is 40.8 Å². The van der Waals surface area contributed by atoms with Gasteiger partial charge in [0.15, 0.2) is 11.5 Å². The molecule has 1 N–H and O–H groups in total. The van der Waals surface area contributed by atoms with Crippen molar-refractivity contribution >= 4 is 16.7 Å². The van der Waals surface area contributed by atoms with Crippen LogP contribution in [0.5, 0.6) is 0 Å². The number of hydrogen-bond donors (Lipinski definition) is 1. The Morgan fingerprint density at radius 3 is 2.57 bits per heavy atom. The number of nitriles is 1. The van der Waals surface area contributed by atoms with E-state index in [-0.39, 0.29) is 11.6 Å². The first-order valence-corrected chi connectivity index (χ1v) is 9.70. The lowest BCUT2D eigenvalue weighted by atomic mass is 10.1. The third kappa shape index (κ3) is 3.59. The van der Waals surface area contributed by atoms with Crippen LogP contribution in [0.25, 0.3) is 28.1 Å². The normalized spacial score (nSPS) is 11.8. The molecule has 4 rings (SSSR count). The molecule has 0 spiro atoms. The summed E-state index contributed by atoms with van der Waals surface area (Å²) in [6, 6.07) is 6.00. The molecular weight excluding hydrogens is 378 g/mol. The van der Waals surface area contributed by atoms with E-state index < -0.39 is 0 Å². The second-order valence-corrected chi connectivity index (χ2v) is 8.41. The van der Waals surface area contributed by atoms with Gasteiger partial charge >= 0.3 is 0 Å². The molecule has 9 heteroatoms. The van der Waals surface area contributed by atoms with E-state index in [1.807, 2.05) is 16.9 Å². The first-order chi connectivity index (χ1) is 14.3. The monoisotopic (exact) mass is 401 g/mol. The van der Waals surface area contributed by atoms with E-state index in [0.29, 0.717) is 17.0 Å². The van der Waals surface area contributed by atoms with Crippen LogP contribution in [-0.2, 0) is 5.54 Å². The number of rotatable bonds is 4. The Hall–Kier alpha value is -3.80. The molecule has 0 aromatic carbocycles. The smallest absolute Gasteiger partial charge is 0.164 e. The Morgan fingerprint density at radius 1 is 1.10 bits per heavy atom. The first kappa shape index (κ1) is 19.5. The van der Waals surface area contributed by atoms with Gasteiger partial charge in [0.1, 0.15) is 11.8 Å². The lowest BCUT2D eigenvalue weighted by Crippen LogP contribution is -2.22. The zero-order chi connectivity index (χ0) is 21.5. The molecule has 0 amide bonds. The maximum Gasteiger partial charge on any atom is 0.164 e. The van der Waals surface area contributed by atoms with Crippen molar-refractivity contribution in [3.8, 4) is 23.1 Å². The summed E-state index contributed by atoms with van der Waals surface area (Å²) in [6.07, 6.45) is 6.92. The van der Waals surface area contributed by atoms with Crippen LogP contribution in [0.1, 0.15) is 40.2 Å². The zero-order valence-corrected chi connectivity index (χ0v) is 17.6. The molecule has 0 atom stereocenters. The van der Waals surface area contributed by atoms with Gasteiger partial charge in [-0.1, -0.05) is 5.21 Å². The topological polar surface area (TPSA) is 110 Å². The second-order valence-electron chi connectivity index (χ2n) is 8.41. The van der Waals surface area contributed by atoms with Crippen molar-refractivity contribution in [1.29, 1.82) is 5.26 Å². The molecule has 0 radical (unpaired) electrons. The highest BCUT2D eigenvalue weighted by atomic mass is 15.4. The molecule has 0 aliphatic rings. The van der Waals surface area contributed by atoms with Gasteiger partial charge in [-0.05, 0) is 40.7 Å². The van der Waals surface area contributed by atoms with Gasteiger partial charge < -0.3 is 5.32 Å². The number of nitrogens with zero attached hydrogens (tertiary/aromatic N) is 8. The van der Waals surface area contributed by atoms with E-state index in [0.717, 1.165) is 22.3 Å². The van der Waals surface area contributed by atoms with Gasteiger partial charge in [-0.15, -0.1) is 5.10 Å². The SMILES string of the molecule is CC(C)Nc1cc(-n2ncc3cc(C#N)cnc32)ncc1-c1cn(C(C)(C)C)nn1. The van der Waals surface area contributed by atoms with Crippen molar-refractivity contribution in [3.63, 3.8) is 0 Å². The third-order valence-corrected chi connectivity index (χ3v) is 4.54. The number of anilines is 1. The summed E-state index contributed by atoms with van der Waals surface area (Å²) in [5.74, 6) is 0.623. The van der Waals surface area contributed by atoms with Crippen LogP contribution in [0.2, 0.25) is 0 Å². The van der Waals surface area contributed by atoms with E-state index >= 15 is 0 Å². The predicted octanol–water partition coefficient (Wildman–Crippen LogP) is 3.52. The number of fused-ring (bicyclic) bond motifs is 1. The van der Waals surface area contributed by atoms with Crippen LogP contribution >= 0.6 is 0 Å². The van der Waals surface area contributed by atoms with Crippen LogP contribution in [0.3, 0.4) is 0 Å². The van der Waals surface area contributed by atoms with Crippen LogP contribution in [0, 0.1) is 11.3 Å². The molecule has 9 nitrogen and oxygen atoms in total. The maximum atomic E-state index is 9.08. The van der Waals surface area contributed by atoms with Gasteiger partial charge in [0, 0.05) is 41.1 Å². The Bertz CT molecular complexity index is 1250. The lowest BCUT2D eigenvalue weighted by molar-refractivity contribution is 0.347. The summed E-state index contributed by atoms with van der Waals surface area (Å²) in [7, 11) is 0. The van der Waals surface area contributed by atoms with Crippen molar-refractivity contribution in [2.45, 2.75) is 46.2 Å². The summed E-state index contributed by atoms with van der Waals surface area (Å²) in [5.41, 5.74) is 3.46. The van der Waals surface area contributed by atoms with E-state index in [1.54, 1.807) is 23.1 Å². The minimum absolute atomic E-state index is 0.161. The number of pyridine rings is 2. The molecule has 4 heterocycles. The largest absolute Gasteiger partial charge is 0.382 e. The van der Waals surface area contributed by atoms with Gasteiger partial charge in [0.05, 0.1) is 23.5 Å². The fourth-order valence-corrected chi connectivity index (χ4v) is 3.06. The standard InChI is InChI=1S/C21H23N9/c1-13(2)26-17-7-19(30-20-15(10-25-30)6-14(8-22)9-24-20)23-11-16(17)18-12-29(28-27-18)21(3,4)5/h6-7,9-13H,1-5H3,(H,23,26). The summed E-state index contributed by atoms with van der Waals surface area (Å²) >= 11 is 0. The Morgan fingerprint density at radius 2 is 1.90 bits per heavy atom. The van der Waals surface area contributed by atoms with Crippen LogP contribution in [0.15, 0.2) is 36.9 Å². The fraction of sp³-hybridized carbons (Fsp3) is 0.333. The molecule has 0 aliphatic heterocycles. The third-order valence-electron chi connectivity index (χ3n) is 4.54. The minimum Gasteiger partial charge on any atom is -0.382 e. The molecule has 0 saturated heterocycles. The predicted molar refractivity (Wildman–Crippen MR) is 114 cm³/mol. The molecule has 4 aromatic rings. The van der Waals surface area contributed by atoms with Crippen molar-refractivity contribution in [3.05, 3.63) is 42.5 Å². The molecule has 0 bridgehead atoms. The molecule has 0 unspecified atom stereocenters. The fourth-order valence-electron chi connectivity index (χ4n) is 3.06. The van der Waals surface area contributed by atoms with E-state index in [1.165, 1.54) is 6.20 Å². The van der Waals surface area contributed by atoms with E-state index in [9.17, 15) is 0 Å². The quantitative estimate of drug-likeness (QED) is 0.557. The van der Waals surface area contributed by atoms with Gasteiger partial charge in [-0.2, -0.15) is 15.0 Å². The average Bonchev–Trinajstić information content (AvgIpc) is 3.34. The van der Waals surface area contributed by atoms with Crippen LogP contribution in [0.4, 0.5) is 5.69 Å². The number of nitrogens with one attached hydrogen (secondary N) is 1. The number of hydrogen-bond acceptors (Lipinski definition) is 7. The highest BCUT2D eigenvalue weighted by Gasteiger charge is 2.19. The summed E-state index contributed by atoms with van der Waals surface area (Å²) < 4.78 is 3.50. The van der Waals surface area contributed by atoms with Gasteiger partial charge in [0.25, 0.3) is 0 Å². The van der Waals surface area contributed by atoms with Crippen molar-refractivity contribution in [2.24, 2.45) is 0 Å². The van der Waals surface area contributed by atoms with Gasteiger partial charge in [0.2, 0.25) is 0 Å². The highest BCUT2D eigenvalue weighted by Crippen LogP contribution is 2.29. The molecule has 152 valence electrons. The Kier molecular flexibility index (Phi) is 4.70. The van der Waals surface area contributed by atoms with Gasteiger partial charge in [-0.25, -0.2) is 14.6 Å². The molecule has 30 heavy (non-hydrogen) atoms. The van der Waals surface area contributed by atoms with Crippen molar-refractivity contribution < 1.29 is 0 Å². The van der Waals surface area contributed by atoms with Crippen molar-refractivity contribution in [1.82, 2.24) is 34.7 Å². The second kappa shape index (κ2) is 7.22.